The van der Waals surface area contributed by atoms with Crippen LogP contribution in [0.4, 0.5) is 0 Å². The first kappa shape index (κ1) is 25.0. The van der Waals surface area contributed by atoms with E-state index in [9.17, 15) is 14.6 Å². The van der Waals surface area contributed by atoms with Crippen molar-refractivity contribution >= 4 is 19.1 Å². The Morgan fingerprint density at radius 1 is 1.31 bits per heavy atom. The Bertz CT molecular complexity index is 732. The second kappa shape index (κ2) is 11.0. The minimum Gasteiger partial charge on any atom is -0.462 e. The number of ether oxygens (including phenoxy) is 2. The van der Waals surface area contributed by atoms with Crippen LogP contribution < -0.4 is 0 Å². The monoisotopic (exact) mass is 446 g/mol. The Balaban J connectivity index is 1.71. The lowest BCUT2D eigenvalue weighted by atomic mass is 9.65. The average molecular weight is 446 g/mol. The van der Waals surface area contributed by atoms with Crippen molar-refractivity contribution < 1.29 is 28.7 Å². The Morgan fingerprint density at radius 2 is 2.06 bits per heavy atom. The molecule has 32 heavy (non-hydrogen) atoms. The molecule has 1 N–H and O–H groups in total. The number of carbonyl (C=O) groups is 2. The number of hydrogen-bond donors (Lipinski definition) is 1. The van der Waals surface area contributed by atoms with Crippen molar-refractivity contribution in [2.24, 2.45) is 29.6 Å². The molecule has 1 heterocycles. The van der Waals surface area contributed by atoms with Gasteiger partial charge in [-0.1, -0.05) is 45.9 Å². The van der Waals surface area contributed by atoms with Crippen LogP contribution in [-0.4, -0.2) is 42.4 Å². The summed E-state index contributed by atoms with van der Waals surface area (Å²) in [4.78, 5) is 24.7. The van der Waals surface area contributed by atoms with Gasteiger partial charge < -0.3 is 19.2 Å². The Labute approximate surface area is 192 Å². The molecule has 0 aromatic heterocycles. The van der Waals surface area contributed by atoms with E-state index in [0.717, 1.165) is 25.7 Å². The van der Waals surface area contributed by atoms with Crippen molar-refractivity contribution in [1.82, 2.24) is 0 Å². The Hall–Kier alpha value is -1.60. The predicted molar refractivity (Wildman–Crippen MR) is 124 cm³/mol. The quantitative estimate of drug-likeness (QED) is 0.442. The molecule has 0 radical (unpaired) electrons. The van der Waals surface area contributed by atoms with Crippen LogP contribution in [0.1, 0.15) is 66.2 Å². The third-order valence-electron chi connectivity index (χ3n) is 7.31. The SMILES string of the molecule is CC[C@H](C)C(=O)O[C@H]1C[C@@H](C)C=C2C=C[C@H](C)[C@H](CC[C@H]3C[C@@H](OB(C)O)CC(=O)O3)[C@H]21. The lowest BCUT2D eigenvalue weighted by Crippen LogP contribution is -2.42. The number of cyclic esters (lactones) is 1. The summed E-state index contributed by atoms with van der Waals surface area (Å²) in [6, 6.07) is 0. The van der Waals surface area contributed by atoms with Crippen LogP contribution in [0.2, 0.25) is 6.82 Å². The average Bonchev–Trinajstić information content (AvgIpc) is 2.71. The molecule has 0 spiro atoms. The minimum atomic E-state index is -0.895. The molecule has 0 bridgehead atoms. The van der Waals surface area contributed by atoms with Gasteiger partial charge in [0, 0.05) is 12.3 Å². The molecule has 6 nitrogen and oxygen atoms in total. The van der Waals surface area contributed by atoms with Gasteiger partial charge >= 0.3 is 19.1 Å². The van der Waals surface area contributed by atoms with E-state index in [1.165, 1.54) is 5.57 Å². The number of rotatable bonds is 8. The van der Waals surface area contributed by atoms with Gasteiger partial charge in [0.05, 0.1) is 18.4 Å². The minimum absolute atomic E-state index is 0.0952. The second-order valence-corrected chi connectivity index (χ2v) is 10.1. The summed E-state index contributed by atoms with van der Waals surface area (Å²) in [5.41, 5.74) is 1.27. The Kier molecular flexibility index (Phi) is 8.62. The highest BCUT2D eigenvalue weighted by atomic mass is 16.6. The first-order valence-corrected chi connectivity index (χ1v) is 12.3. The molecule has 0 unspecified atom stereocenters. The van der Waals surface area contributed by atoms with Gasteiger partial charge in [0.15, 0.2) is 0 Å². The second-order valence-electron chi connectivity index (χ2n) is 10.1. The zero-order valence-electron chi connectivity index (χ0n) is 20.2. The van der Waals surface area contributed by atoms with E-state index < -0.39 is 7.12 Å². The number of carbonyl (C=O) groups excluding carboxylic acids is 2. The maximum absolute atomic E-state index is 12.6. The molecule has 0 saturated carbocycles. The smallest absolute Gasteiger partial charge is 0.451 e. The molecule has 7 heteroatoms. The zero-order chi connectivity index (χ0) is 23.4. The molecule has 3 rings (SSSR count). The van der Waals surface area contributed by atoms with Gasteiger partial charge in [-0.2, -0.15) is 0 Å². The van der Waals surface area contributed by atoms with Gasteiger partial charge in [-0.25, -0.2) is 0 Å². The maximum atomic E-state index is 12.6. The topological polar surface area (TPSA) is 82.1 Å². The first-order chi connectivity index (χ1) is 15.2. The number of fused-ring (bicyclic) bond motifs is 1. The highest BCUT2D eigenvalue weighted by Gasteiger charge is 2.42. The molecule has 1 aliphatic heterocycles. The fourth-order valence-corrected chi connectivity index (χ4v) is 5.44. The summed E-state index contributed by atoms with van der Waals surface area (Å²) in [7, 11) is -0.895. The van der Waals surface area contributed by atoms with Crippen LogP contribution in [0.15, 0.2) is 23.8 Å². The molecular weight excluding hydrogens is 407 g/mol. The zero-order valence-corrected chi connectivity index (χ0v) is 20.2. The molecule has 0 aromatic carbocycles. The molecular formula is C25H39BO6. The third-order valence-corrected chi connectivity index (χ3v) is 7.31. The maximum Gasteiger partial charge on any atom is 0.451 e. The van der Waals surface area contributed by atoms with Gasteiger partial charge in [-0.3, -0.25) is 9.59 Å². The molecule has 3 aliphatic rings. The fourth-order valence-electron chi connectivity index (χ4n) is 5.44. The van der Waals surface area contributed by atoms with E-state index in [4.69, 9.17) is 14.1 Å². The summed E-state index contributed by atoms with van der Waals surface area (Å²) >= 11 is 0. The summed E-state index contributed by atoms with van der Waals surface area (Å²) < 4.78 is 17.2. The highest BCUT2D eigenvalue weighted by molar-refractivity contribution is 6.40. The van der Waals surface area contributed by atoms with Gasteiger partial charge in [-0.05, 0) is 55.8 Å². The molecule has 0 aromatic rings. The largest absolute Gasteiger partial charge is 0.462 e. The normalized spacial score (nSPS) is 35.4. The van der Waals surface area contributed by atoms with Gasteiger partial charge in [0.25, 0.3) is 0 Å². The Morgan fingerprint density at radius 3 is 2.75 bits per heavy atom. The van der Waals surface area contributed by atoms with Crippen LogP contribution >= 0.6 is 0 Å². The standard InChI is InChI=1S/C25H39BO6/c1-6-16(3)25(28)31-22-12-15(2)11-18-8-7-17(4)21(24(18)22)10-9-19-13-20(32-26(5)29)14-23(27)30-19/h7-8,11,15-17,19-22,24,29H,6,9-10,12-14H2,1-5H3/t15-,16-,17-,19-,20+,21-,22-,24-/m0/s1. The van der Waals surface area contributed by atoms with Crippen molar-refractivity contribution in [1.29, 1.82) is 0 Å². The lowest BCUT2D eigenvalue weighted by molar-refractivity contribution is -0.162. The molecule has 8 atom stereocenters. The van der Waals surface area contributed by atoms with Gasteiger partial charge in [0.2, 0.25) is 0 Å². The van der Waals surface area contributed by atoms with Crippen molar-refractivity contribution in [3.05, 3.63) is 23.8 Å². The molecule has 1 fully saturated rings. The molecule has 0 amide bonds. The molecule has 2 aliphatic carbocycles. The third kappa shape index (κ3) is 6.25. The predicted octanol–water partition coefficient (Wildman–Crippen LogP) is 4.33. The van der Waals surface area contributed by atoms with Crippen molar-refractivity contribution in [3.8, 4) is 0 Å². The van der Waals surface area contributed by atoms with Gasteiger partial charge in [-0.15, -0.1) is 0 Å². The van der Waals surface area contributed by atoms with Crippen LogP contribution in [0, 0.1) is 29.6 Å². The fraction of sp³-hybridized carbons (Fsp3) is 0.760. The number of allylic oxidation sites excluding steroid dienone is 3. The van der Waals surface area contributed by atoms with Crippen molar-refractivity contribution in [2.75, 3.05) is 0 Å². The van der Waals surface area contributed by atoms with E-state index in [2.05, 4.69) is 32.1 Å². The van der Waals surface area contributed by atoms with Crippen LogP contribution in [0.5, 0.6) is 0 Å². The van der Waals surface area contributed by atoms with Crippen LogP contribution in [0.3, 0.4) is 0 Å². The lowest BCUT2D eigenvalue weighted by Gasteiger charge is -2.43. The molecule has 178 valence electrons. The van der Waals surface area contributed by atoms with E-state index in [1.807, 2.05) is 13.8 Å². The first-order valence-electron chi connectivity index (χ1n) is 12.3. The van der Waals surface area contributed by atoms with Crippen molar-refractivity contribution in [3.63, 3.8) is 0 Å². The van der Waals surface area contributed by atoms with Crippen LogP contribution in [-0.2, 0) is 23.7 Å². The highest BCUT2D eigenvalue weighted by Crippen LogP contribution is 2.45. The van der Waals surface area contributed by atoms with Gasteiger partial charge in [0.1, 0.15) is 12.2 Å². The summed E-state index contributed by atoms with van der Waals surface area (Å²) in [6.45, 7) is 9.89. The van der Waals surface area contributed by atoms with E-state index >= 15 is 0 Å². The van der Waals surface area contributed by atoms with E-state index in [-0.39, 0.29) is 48.5 Å². The number of esters is 2. The number of hydrogen-bond acceptors (Lipinski definition) is 6. The summed E-state index contributed by atoms with van der Waals surface area (Å²) in [5, 5.41) is 9.52. The van der Waals surface area contributed by atoms with Crippen molar-refractivity contribution in [2.45, 2.75) is 91.4 Å². The van der Waals surface area contributed by atoms with E-state index in [1.54, 1.807) is 6.82 Å². The van der Waals surface area contributed by atoms with E-state index in [0.29, 0.717) is 24.2 Å². The van der Waals surface area contributed by atoms with Crippen LogP contribution in [0.25, 0.3) is 0 Å². The summed E-state index contributed by atoms with van der Waals surface area (Å²) in [5.74, 6) is 0.726. The molecule has 1 saturated heterocycles. The summed E-state index contributed by atoms with van der Waals surface area (Å²) in [6.07, 6.45) is 10.2.